The average molecular weight is 470 g/mol. The highest BCUT2D eigenvalue weighted by Crippen LogP contribution is 2.32. The zero-order valence-corrected chi connectivity index (χ0v) is 20.2. The summed E-state index contributed by atoms with van der Waals surface area (Å²) < 4.78 is 28.2. The first-order chi connectivity index (χ1) is 16.2. The topological polar surface area (TPSA) is 105 Å². The van der Waals surface area contributed by atoms with E-state index in [9.17, 15) is 4.79 Å². The van der Waals surface area contributed by atoms with E-state index in [0.29, 0.717) is 28.8 Å². The molecular weight excluding hydrogens is 438 g/mol. The molecule has 1 aromatic carbocycles. The number of hydrogen-bond donors (Lipinski definition) is 1. The van der Waals surface area contributed by atoms with Gasteiger partial charge in [-0.15, -0.1) is 0 Å². The van der Waals surface area contributed by atoms with Crippen LogP contribution >= 0.6 is 0 Å². The minimum atomic E-state index is -0.566. The SMILES string of the molecule is COc1nc(-c2nc3ccc(OCC4CC4)cc3o2)ccc1OC[C@H](C)NC(=O)OC(C)(C)C. The molecule has 3 aromatic rings. The molecular formula is C25H31N3O6. The van der Waals surface area contributed by atoms with Crippen LogP contribution in [0.5, 0.6) is 17.4 Å². The molecule has 1 amide bonds. The number of carbonyl (C=O) groups excluding carboxylic acids is 1. The zero-order chi connectivity index (χ0) is 24.3. The lowest BCUT2D eigenvalue weighted by molar-refractivity contribution is 0.0493. The number of methoxy groups -OCH3 is 1. The molecule has 0 aliphatic heterocycles. The third-order valence-corrected chi connectivity index (χ3v) is 5.03. The summed E-state index contributed by atoms with van der Waals surface area (Å²) in [4.78, 5) is 20.9. The van der Waals surface area contributed by atoms with Crippen LogP contribution in [0.4, 0.5) is 4.79 Å². The second-order valence-corrected chi connectivity index (χ2v) is 9.47. The molecule has 0 bridgehead atoms. The van der Waals surface area contributed by atoms with Gasteiger partial charge in [-0.3, -0.25) is 0 Å². The van der Waals surface area contributed by atoms with Gasteiger partial charge < -0.3 is 28.7 Å². The molecule has 34 heavy (non-hydrogen) atoms. The van der Waals surface area contributed by atoms with Gasteiger partial charge in [0.1, 0.15) is 29.2 Å². The minimum absolute atomic E-state index is 0.211. The Morgan fingerprint density at radius 2 is 1.97 bits per heavy atom. The van der Waals surface area contributed by atoms with Crippen molar-refractivity contribution in [2.24, 2.45) is 5.92 Å². The van der Waals surface area contributed by atoms with Gasteiger partial charge in [0, 0.05) is 6.07 Å². The molecule has 4 rings (SSSR count). The molecule has 2 aromatic heterocycles. The highest BCUT2D eigenvalue weighted by atomic mass is 16.6. The molecule has 1 N–H and O–H groups in total. The number of aromatic nitrogens is 2. The lowest BCUT2D eigenvalue weighted by atomic mass is 10.2. The van der Waals surface area contributed by atoms with Crippen LogP contribution in [0.25, 0.3) is 22.7 Å². The number of oxazole rings is 1. The number of ether oxygens (including phenoxy) is 4. The molecule has 9 nitrogen and oxygen atoms in total. The summed E-state index contributed by atoms with van der Waals surface area (Å²) >= 11 is 0. The van der Waals surface area contributed by atoms with Gasteiger partial charge in [-0.25, -0.2) is 14.8 Å². The molecule has 9 heteroatoms. The van der Waals surface area contributed by atoms with E-state index in [1.807, 2.05) is 45.9 Å². The normalized spacial score (nSPS) is 14.5. The summed E-state index contributed by atoms with van der Waals surface area (Å²) in [5, 5.41) is 2.74. The van der Waals surface area contributed by atoms with Crippen LogP contribution in [0.1, 0.15) is 40.5 Å². The number of nitrogens with zero attached hydrogens (tertiary/aromatic N) is 2. The van der Waals surface area contributed by atoms with Gasteiger partial charge in [0.2, 0.25) is 5.89 Å². The molecule has 1 atom stereocenters. The van der Waals surface area contributed by atoms with Crippen molar-refractivity contribution in [1.29, 1.82) is 0 Å². The highest BCUT2D eigenvalue weighted by Gasteiger charge is 2.22. The van der Waals surface area contributed by atoms with Gasteiger partial charge in [-0.2, -0.15) is 0 Å². The second kappa shape index (κ2) is 9.79. The highest BCUT2D eigenvalue weighted by molar-refractivity contribution is 5.77. The van der Waals surface area contributed by atoms with Gasteiger partial charge in [0.15, 0.2) is 11.3 Å². The second-order valence-electron chi connectivity index (χ2n) is 9.47. The minimum Gasteiger partial charge on any atom is -0.493 e. The van der Waals surface area contributed by atoms with Crippen LogP contribution in [0, 0.1) is 5.92 Å². The summed E-state index contributed by atoms with van der Waals surface area (Å²) in [5.41, 5.74) is 1.30. The maximum Gasteiger partial charge on any atom is 0.407 e. The molecule has 1 aliphatic rings. The van der Waals surface area contributed by atoms with Crippen LogP contribution in [0.2, 0.25) is 0 Å². The van der Waals surface area contributed by atoms with Gasteiger partial charge in [0.05, 0.1) is 19.8 Å². The van der Waals surface area contributed by atoms with Crippen molar-refractivity contribution in [3.05, 3.63) is 30.3 Å². The van der Waals surface area contributed by atoms with Crippen LogP contribution in [-0.4, -0.2) is 48.0 Å². The van der Waals surface area contributed by atoms with E-state index in [1.54, 1.807) is 12.1 Å². The van der Waals surface area contributed by atoms with E-state index in [2.05, 4.69) is 15.3 Å². The molecule has 0 unspecified atom stereocenters. The number of amides is 1. The number of pyridine rings is 1. The predicted octanol–water partition coefficient (Wildman–Crippen LogP) is 4.98. The molecule has 182 valence electrons. The van der Waals surface area contributed by atoms with Crippen molar-refractivity contribution >= 4 is 17.2 Å². The average Bonchev–Trinajstić information content (AvgIpc) is 3.51. The number of benzene rings is 1. The van der Waals surface area contributed by atoms with Crippen molar-refractivity contribution in [3.63, 3.8) is 0 Å². The zero-order valence-electron chi connectivity index (χ0n) is 20.2. The molecule has 0 saturated heterocycles. The van der Waals surface area contributed by atoms with E-state index < -0.39 is 11.7 Å². The van der Waals surface area contributed by atoms with E-state index >= 15 is 0 Å². The van der Waals surface area contributed by atoms with E-state index in [1.165, 1.54) is 20.0 Å². The van der Waals surface area contributed by atoms with Gasteiger partial charge in [-0.05, 0) is 70.7 Å². The quantitative estimate of drug-likeness (QED) is 0.468. The Hall–Kier alpha value is -3.49. The Kier molecular flexibility index (Phi) is 6.81. The van der Waals surface area contributed by atoms with Crippen molar-refractivity contribution in [2.45, 2.75) is 52.2 Å². The first kappa shape index (κ1) is 23.7. The Labute approximate surface area is 198 Å². The molecule has 0 spiro atoms. The largest absolute Gasteiger partial charge is 0.493 e. The predicted molar refractivity (Wildman–Crippen MR) is 126 cm³/mol. The fourth-order valence-electron chi connectivity index (χ4n) is 3.17. The van der Waals surface area contributed by atoms with Crippen LogP contribution < -0.4 is 19.5 Å². The van der Waals surface area contributed by atoms with Crippen molar-refractivity contribution in [2.75, 3.05) is 20.3 Å². The number of hydrogen-bond acceptors (Lipinski definition) is 8. The maximum atomic E-state index is 11.9. The van der Waals surface area contributed by atoms with Crippen molar-refractivity contribution in [1.82, 2.24) is 15.3 Å². The number of alkyl carbamates (subject to hydrolysis) is 1. The number of fused-ring (bicyclic) bond motifs is 1. The standard InChI is InChI=1S/C25H31N3O6/c1-15(26-24(29)34-25(2,3)4)13-32-20-11-10-19(28-23(20)30-5)22-27-18-9-8-17(12-21(18)33-22)31-14-16-6-7-16/h8-12,15-16H,6-7,13-14H2,1-5H3,(H,26,29)/t15-/m0/s1. The fourth-order valence-corrected chi connectivity index (χ4v) is 3.17. The number of carbonyl (C=O) groups is 1. The Bertz CT molecular complexity index is 1150. The first-order valence-electron chi connectivity index (χ1n) is 11.4. The molecule has 1 saturated carbocycles. The lowest BCUT2D eigenvalue weighted by Gasteiger charge is -2.22. The Morgan fingerprint density at radius 3 is 2.68 bits per heavy atom. The van der Waals surface area contributed by atoms with E-state index in [0.717, 1.165) is 17.9 Å². The third-order valence-electron chi connectivity index (χ3n) is 5.03. The summed E-state index contributed by atoms with van der Waals surface area (Å²) in [6.07, 6.45) is 1.98. The summed E-state index contributed by atoms with van der Waals surface area (Å²) in [7, 11) is 1.51. The molecule has 1 aliphatic carbocycles. The van der Waals surface area contributed by atoms with Crippen LogP contribution in [-0.2, 0) is 4.74 Å². The van der Waals surface area contributed by atoms with Gasteiger partial charge in [-0.1, -0.05) is 0 Å². The molecule has 2 heterocycles. The smallest absolute Gasteiger partial charge is 0.407 e. The van der Waals surface area contributed by atoms with E-state index in [4.69, 9.17) is 23.4 Å². The van der Waals surface area contributed by atoms with E-state index in [-0.39, 0.29) is 18.5 Å². The number of nitrogens with one attached hydrogen (secondary N) is 1. The van der Waals surface area contributed by atoms with Crippen molar-refractivity contribution < 1.29 is 28.2 Å². The monoisotopic (exact) mass is 469 g/mol. The van der Waals surface area contributed by atoms with Gasteiger partial charge in [0.25, 0.3) is 5.88 Å². The number of rotatable bonds is 9. The Balaban J connectivity index is 1.41. The first-order valence-corrected chi connectivity index (χ1v) is 11.4. The fraction of sp³-hybridized carbons (Fsp3) is 0.480. The maximum absolute atomic E-state index is 11.9. The molecule has 1 fully saturated rings. The van der Waals surface area contributed by atoms with Crippen LogP contribution in [0.3, 0.4) is 0 Å². The summed E-state index contributed by atoms with van der Waals surface area (Å²) in [6.45, 7) is 8.20. The van der Waals surface area contributed by atoms with Crippen LogP contribution in [0.15, 0.2) is 34.7 Å². The van der Waals surface area contributed by atoms with Gasteiger partial charge >= 0.3 is 6.09 Å². The van der Waals surface area contributed by atoms with Crippen molar-refractivity contribution in [3.8, 4) is 29.0 Å². The Morgan fingerprint density at radius 1 is 1.18 bits per heavy atom. The molecule has 0 radical (unpaired) electrons. The summed E-state index contributed by atoms with van der Waals surface area (Å²) in [6, 6.07) is 8.82. The third kappa shape index (κ3) is 6.30. The summed E-state index contributed by atoms with van der Waals surface area (Å²) in [5.74, 6) is 2.55. The lowest BCUT2D eigenvalue weighted by Crippen LogP contribution is -2.40.